The summed E-state index contributed by atoms with van der Waals surface area (Å²) in [5, 5.41) is 14.1. The molecule has 34 heavy (non-hydrogen) atoms. The van der Waals surface area contributed by atoms with E-state index >= 15 is 0 Å². The third-order valence-corrected chi connectivity index (χ3v) is 5.94. The van der Waals surface area contributed by atoms with Crippen LogP contribution < -0.4 is 10.6 Å². The number of aryl methyl sites for hydroxylation is 1. The van der Waals surface area contributed by atoms with Gasteiger partial charge in [0.1, 0.15) is 6.61 Å². The Hall–Kier alpha value is -4.13. The molecule has 1 aliphatic carbocycles. The minimum Gasteiger partial charge on any atom is -0.481 e. The summed E-state index contributed by atoms with van der Waals surface area (Å²) < 4.78 is 5.59. The topological polar surface area (TPSA) is 105 Å². The van der Waals surface area contributed by atoms with Crippen molar-refractivity contribution in [2.24, 2.45) is 0 Å². The van der Waals surface area contributed by atoms with Crippen LogP contribution in [0.4, 0.5) is 10.5 Å². The Bertz CT molecular complexity index is 1190. The molecule has 0 unspecified atom stereocenters. The van der Waals surface area contributed by atoms with Crippen LogP contribution in [0.1, 0.15) is 46.3 Å². The highest BCUT2D eigenvalue weighted by Gasteiger charge is 2.29. The first kappa shape index (κ1) is 23.0. The number of benzene rings is 3. The fourth-order valence-corrected chi connectivity index (χ4v) is 4.23. The zero-order chi connectivity index (χ0) is 24.1. The number of carboxylic acids is 1. The third-order valence-electron chi connectivity index (χ3n) is 5.94. The van der Waals surface area contributed by atoms with Crippen LogP contribution in [0.2, 0.25) is 0 Å². The smallest absolute Gasteiger partial charge is 0.411 e. The first-order valence-corrected chi connectivity index (χ1v) is 11.2. The maximum absolute atomic E-state index is 12.7. The molecule has 0 atom stereocenters. The first-order chi connectivity index (χ1) is 16.5. The molecule has 3 aromatic rings. The van der Waals surface area contributed by atoms with Gasteiger partial charge >= 0.3 is 12.1 Å². The molecule has 7 heteroatoms. The van der Waals surface area contributed by atoms with Gasteiger partial charge in [-0.1, -0.05) is 61.5 Å². The van der Waals surface area contributed by atoms with E-state index in [0.717, 1.165) is 27.8 Å². The number of ether oxygens (including phenoxy) is 1. The Balaban J connectivity index is 1.46. The molecule has 0 aromatic heterocycles. The summed E-state index contributed by atoms with van der Waals surface area (Å²) in [6.45, 7) is 2.11. The zero-order valence-electron chi connectivity index (χ0n) is 18.8. The number of hydrogen-bond acceptors (Lipinski definition) is 4. The number of amides is 2. The summed E-state index contributed by atoms with van der Waals surface area (Å²) in [5.41, 5.74) is 6.00. The molecular weight excluding hydrogens is 432 g/mol. The highest BCUT2D eigenvalue weighted by atomic mass is 16.5. The van der Waals surface area contributed by atoms with Crippen molar-refractivity contribution in [1.29, 1.82) is 0 Å². The lowest BCUT2D eigenvalue weighted by Gasteiger charge is -2.16. The molecule has 0 aliphatic heterocycles. The predicted octanol–water partition coefficient (Wildman–Crippen LogP) is 4.81. The van der Waals surface area contributed by atoms with Gasteiger partial charge in [0, 0.05) is 12.5 Å². The average molecular weight is 459 g/mol. The molecule has 0 fully saturated rings. The van der Waals surface area contributed by atoms with Crippen molar-refractivity contribution in [3.05, 3.63) is 89.0 Å². The second-order valence-electron chi connectivity index (χ2n) is 8.08. The van der Waals surface area contributed by atoms with Crippen molar-refractivity contribution in [3.8, 4) is 11.1 Å². The summed E-state index contributed by atoms with van der Waals surface area (Å²) in [6.07, 6.45) is -0.139. The normalized spacial score (nSPS) is 11.9. The van der Waals surface area contributed by atoms with E-state index in [1.165, 1.54) is 0 Å². The van der Waals surface area contributed by atoms with Gasteiger partial charge in [0.15, 0.2) is 0 Å². The van der Waals surface area contributed by atoms with Crippen molar-refractivity contribution >= 4 is 23.7 Å². The monoisotopic (exact) mass is 458 g/mol. The first-order valence-electron chi connectivity index (χ1n) is 11.2. The molecule has 4 rings (SSSR count). The highest BCUT2D eigenvalue weighted by molar-refractivity contribution is 6.03. The van der Waals surface area contributed by atoms with Gasteiger partial charge in [0.2, 0.25) is 0 Å². The molecule has 2 amide bonds. The second-order valence-corrected chi connectivity index (χ2v) is 8.08. The van der Waals surface area contributed by atoms with Crippen LogP contribution in [0, 0.1) is 0 Å². The molecule has 0 heterocycles. The SMILES string of the molecule is CCc1ccc(NC(=O)OCC2c3ccccc3-c3ccccc32)c(C(=O)NCCC(=O)O)c1. The van der Waals surface area contributed by atoms with Crippen LogP contribution in [0.3, 0.4) is 0 Å². The standard InChI is InChI=1S/C27H26N2O5/c1-2-17-11-12-24(22(15-17)26(32)28-14-13-25(30)31)29-27(33)34-16-23-20-9-5-3-7-18(20)19-8-4-6-10-21(19)23/h3-12,15,23H,2,13-14,16H2,1H3,(H,28,32)(H,29,33)(H,30,31). The van der Waals surface area contributed by atoms with Crippen LogP contribution in [-0.4, -0.2) is 36.2 Å². The van der Waals surface area contributed by atoms with E-state index in [-0.39, 0.29) is 31.1 Å². The van der Waals surface area contributed by atoms with Crippen LogP contribution in [-0.2, 0) is 16.0 Å². The maximum atomic E-state index is 12.7. The number of fused-ring (bicyclic) bond motifs is 3. The highest BCUT2D eigenvalue weighted by Crippen LogP contribution is 2.44. The Kier molecular flexibility index (Phi) is 6.92. The number of hydrogen-bond donors (Lipinski definition) is 3. The lowest BCUT2D eigenvalue weighted by atomic mass is 9.98. The van der Waals surface area contributed by atoms with Gasteiger partial charge in [-0.25, -0.2) is 4.79 Å². The van der Waals surface area contributed by atoms with Crippen molar-refractivity contribution in [2.45, 2.75) is 25.7 Å². The Morgan fingerprint density at radius 1 is 0.941 bits per heavy atom. The van der Waals surface area contributed by atoms with Gasteiger partial charge < -0.3 is 15.2 Å². The van der Waals surface area contributed by atoms with Gasteiger partial charge in [0.05, 0.1) is 17.7 Å². The molecule has 174 valence electrons. The minimum absolute atomic E-state index is 0.00506. The largest absolute Gasteiger partial charge is 0.481 e. The van der Waals surface area contributed by atoms with E-state index in [4.69, 9.17) is 9.84 Å². The van der Waals surface area contributed by atoms with E-state index < -0.39 is 18.0 Å². The van der Waals surface area contributed by atoms with E-state index in [1.54, 1.807) is 12.1 Å². The fourth-order valence-electron chi connectivity index (χ4n) is 4.23. The molecule has 1 aliphatic rings. The van der Waals surface area contributed by atoms with E-state index in [0.29, 0.717) is 12.1 Å². The van der Waals surface area contributed by atoms with Gasteiger partial charge in [-0.05, 0) is 46.4 Å². The number of carbonyl (C=O) groups excluding carboxylic acids is 2. The molecule has 3 N–H and O–H groups in total. The van der Waals surface area contributed by atoms with Gasteiger partial charge in [-0.3, -0.25) is 14.9 Å². The molecule has 0 saturated heterocycles. The summed E-state index contributed by atoms with van der Waals surface area (Å²) in [5.74, 6) is -1.52. The van der Waals surface area contributed by atoms with Crippen molar-refractivity contribution in [3.63, 3.8) is 0 Å². The summed E-state index contributed by atoms with van der Waals surface area (Å²) in [4.78, 5) is 36.1. The molecule has 0 radical (unpaired) electrons. The number of aliphatic carboxylic acids is 1. The van der Waals surface area contributed by atoms with Crippen molar-refractivity contribution in [1.82, 2.24) is 5.32 Å². The number of nitrogens with one attached hydrogen (secondary N) is 2. The fraction of sp³-hybridized carbons (Fsp3) is 0.222. The maximum Gasteiger partial charge on any atom is 0.411 e. The Morgan fingerprint density at radius 2 is 1.59 bits per heavy atom. The number of carboxylic acid groups (broad SMARTS) is 1. The zero-order valence-corrected chi connectivity index (χ0v) is 18.8. The summed E-state index contributed by atoms with van der Waals surface area (Å²) in [6, 6.07) is 21.3. The number of anilines is 1. The van der Waals surface area contributed by atoms with Crippen molar-refractivity contribution < 1.29 is 24.2 Å². The van der Waals surface area contributed by atoms with Crippen LogP contribution in [0.5, 0.6) is 0 Å². The molecule has 0 spiro atoms. The predicted molar refractivity (Wildman–Crippen MR) is 129 cm³/mol. The molecule has 0 saturated carbocycles. The van der Waals surface area contributed by atoms with Crippen molar-refractivity contribution in [2.75, 3.05) is 18.5 Å². The van der Waals surface area contributed by atoms with Gasteiger partial charge in [0.25, 0.3) is 5.91 Å². The summed E-state index contributed by atoms with van der Waals surface area (Å²) in [7, 11) is 0. The molecule has 3 aromatic carbocycles. The number of carbonyl (C=O) groups is 3. The summed E-state index contributed by atoms with van der Waals surface area (Å²) >= 11 is 0. The van der Waals surface area contributed by atoms with Crippen LogP contribution in [0.25, 0.3) is 11.1 Å². The average Bonchev–Trinajstić information content (AvgIpc) is 3.16. The van der Waals surface area contributed by atoms with Crippen LogP contribution in [0.15, 0.2) is 66.7 Å². The van der Waals surface area contributed by atoms with Crippen LogP contribution >= 0.6 is 0 Å². The number of rotatable bonds is 8. The Morgan fingerprint density at radius 3 is 2.21 bits per heavy atom. The quantitative estimate of drug-likeness (QED) is 0.449. The van der Waals surface area contributed by atoms with Gasteiger partial charge in [-0.15, -0.1) is 0 Å². The lowest BCUT2D eigenvalue weighted by Crippen LogP contribution is -2.28. The second kappa shape index (κ2) is 10.2. The molecule has 7 nitrogen and oxygen atoms in total. The Labute approximate surface area is 197 Å². The molecule has 0 bridgehead atoms. The lowest BCUT2D eigenvalue weighted by molar-refractivity contribution is -0.136. The molecular formula is C27H26N2O5. The van der Waals surface area contributed by atoms with E-state index in [2.05, 4.69) is 22.8 Å². The van der Waals surface area contributed by atoms with Gasteiger partial charge in [-0.2, -0.15) is 0 Å². The minimum atomic E-state index is -1.00. The van der Waals surface area contributed by atoms with E-state index in [9.17, 15) is 14.4 Å². The van der Waals surface area contributed by atoms with E-state index in [1.807, 2.05) is 49.4 Å². The third kappa shape index (κ3) is 4.93.